The lowest BCUT2D eigenvalue weighted by molar-refractivity contribution is -0.161. The van der Waals surface area contributed by atoms with Crippen LogP contribution in [0.5, 0.6) is 0 Å². The van der Waals surface area contributed by atoms with Crippen molar-refractivity contribution in [2.45, 2.75) is 214 Å². The molecule has 10 nitrogen and oxygen atoms in total. The van der Waals surface area contributed by atoms with Gasteiger partial charge in [-0.1, -0.05) is 148 Å². The van der Waals surface area contributed by atoms with E-state index in [0.717, 1.165) is 103 Å². The Morgan fingerprint density at radius 3 is 1.69 bits per heavy atom. The van der Waals surface area contributed by atoms with Gasteiger partial charge in [0.2, 0.25) is 0 Å². The van der Waals surface area contributed by atoms with Crippen molar-refractivity contribution in [2.75, 3.05) is 59.3 Å². The van der Waals surface area contributed by atoms with Gasteiger partial charge in [0.15, 0.2) is 6.29 Å². The van der Waals surface area contributed by atoms with E-state index in [-0.39, 0.29) is 38.1 Å². The summed E-state index contributed by atoms with van der Waals surface area (Å²) in [6.45, 7) is 13.2. The van der Waals surface area contributed by atoms with Crippen molar-refractivity contribution < 1.29 is 42.8 Å². The summed E-state index contributed by atoms with van der Waals surface area (Å²) in [5, 5.41) is 0. The average Bonchev–Trinajstić information content (AvgIpc) is 3.27. The second kappa shape index (κ2) is 42.9. The number of allylic oxidation sites excluding steroid dienone is 4. The lowest BCUT2D eigenvalue weighted by atomic mass is 9.99. The van der Waals surface area contributed by atoms with Crippen molar-refractivity contribution >= 4 is 18.1 Å². The molecule has 356 valence electrons. The minimum absolute atomic E-state index is 0.0148. The van der Waals surface area contributed by atoms with Crippen LogP contribution in [-0.4, -0.2) is 88.6 Å². The molecule has 1 aliphatic heterocycles. The Kier molecular flexibility index (Phi) is 39.8. The molecule has 0 aromatic rings. The molecule has 0 spiro atoms. The van der Waals surface area contributed by atoms with Crippen LogP contribution < -0.4 is 0 Å². The summed E-state index contributed by atoms with van der Waals surface area (Å²) in [6, 6.07) is 0. The maximum Gasteiger partial charge on any atom is 0.508 e. The normalized spacial score (nSPS) is 15.2. The summed E-state index contributed by atoms with van der Waals surface area (Å²) in [7, 11) is 0. The zero-order valence-corrected chi connectivity index (χ0v) is 39.8. The summed E-state index contributed by atoms with van der Waals surface area (Å²) >= 11 is 0. The molecular formula is C51H93NO9. The number of esters is 2. The molecule has 0 bridgehead atoms. The number of rotatable bonds is 42. The van der Waals surface area contributed by atoms with Crippen LogP contribution in [0.25, 0.3) is 0 Å². The molecule has 0 aromatic heterocycles. The minimum Gasteiger partial charge on any atom is -0.465 e. The number of likely N-dealkylation sites (tertiary alicyclic amines) is 1. The van der Waals surface area contributed by atoms with E-state index in [9.17, 15) is 14.4 Å². The SMILES string of the molecule is CCCCC/C=C\C/C=C\CCCCCCCC(=O)OCC(COC(=O)CCC(OCCCCCCCC)OCCCCCCCC)COC(=O)OCC1CCCN(CC)C1. The lowest BCUT2D eigenvalue weighted by Gasteiger charge is -2.31. The van der Waals surface area contributed by atoms with E-state index in [1.54, 1.807) is 0 Å². The summed E-state index contributed by atoms with van der Waals surface area (Å²) in [6.07, 6.45) is 37.2. The van der Waals surface area contributed by atoms with E-state index < -0.39 is 24.3 Å². The Morgan fingerprint density at radius 1 is 0.574 bits per heavy atom. The van der Waals surface area contributed by atoms with Crippen LogP contribution in [0.2, 0.25) is 0 Å². The molecule has 0 amide bonds. The highest BCUT2D eigenvalue weighted by molar-refractivity contribution is 5.69. The molecule has 1 heterocycles. The van der Waals surface area contributed by atoms with Gasteiger partial charge in [0.25, 0.3) is 0 Å². The molecule has 1 saturated heterocycles. The van der Waals surface area contributed by atoms with Crippen molar-refractivity contribution in [1.29, 1.82) is 0 Å². The fourth-order valence-corrected chi connectivity index (χ4v) is 7.42. The highest BCUT2D eigenvalue weighted by Gasteiger charge is 2.23. The van der Waals surface area contributed by atoms with Crippen molar-refractivity contribution in [3.63, 3.8) is 0 Å². The van der Waals surface area contributed by atoms with Crippen molar-refractivity contribution in [1.82, 2.24) is 4.90 Å². The smallest absolute Gasteiger partial charge is 0.465 e. The number of hydrogen-bond acceptors (Lipinski definition) is 10. The molecule has 61 heavy (non-hydrogen) atoms. The number of carbonyl (C=O) groups is 3. The van der Waals surface area contributed by atoms with Gasteiger partial charge in [0.1, 0.15) is 19.8 Å². The molecule has 1 aliphatic rings. The van der Waals surface area contributed by atoms with E-state index in [1.165, 1.54) is 77.0 Å². The van der Waals surface area contributed by atoms with Gasteiger partial charge in [0, 0.05) is 38.5 Å². The first-order chi connectivity index (χ1) is 29.9. The van der Waals surface area contributed by atoms with Gasteiger partial charge >= 0.3 is 18.1 Å². The second-order valence-corrected chi connectivity index (χ2v) is 17.2. The largest absolute Gasteiger partial charge is 0.508 e. The van der Waals surface area contributed by atoms with E-state index >= 15 is 0 Å². The van der Waals surface area contributed by atoms with Crippen LogP contribution in [0.3, 0.4) is 0 Å². The molecule has 2 atom stereocenters. The summed E-state index contributed by atoms with van der Waals surface area (Å²) in [5.74, 6) is -0.922. The number of carbonyl (C=O) groups excluding carboxylic acids is 3. The van der Waals surface area contributed by atoms with Crippen LogP contribution in [0, 0.1) is 11.8 Å². The number of unbranched alkanes of at least 4 members (excludes halogenated alkanes) is 18. The summed E-state index contributed by atoms with van der Waals surface area (Å²) < 4.78 is 34.4. The van der Waals surface area contributed by atoms with E-state index in [1.807, 2.05) is 0 Å². The number of piperidine rings is 1. The van der Waals surface area contributed by atoms with Crippen LogP contribution in [0.4, 0.5) is 4.79 Å². The molecule has 10 heteroatoms. The van der Waals surface area contributed by atoms with Gasteiger partial charge in [-0.2, -0.15) is 0 Å². The Balaban J connectivity index is 2.55. The third-order valence-electron chi connectivity index (χ3n) is 11.4. The molecule has 0 aromatic carbocycles. The number of nitrogens with zero attached hydrogens (tertiary/aromatic N) is 1. The van der Waals surface area contributed by atoms with Gasteiger partial charge in [-0.25, -0.2) is 4.79 Å². The monoisotopic (exact) mass is 864 g/mol. The summed E-state index contributed by atoms with van der Waals surface area (Å²) in [5.41, 5.74) is 0. The van der Waals surface area contributed by atoms with Crippen LogP contribution in [0.1, 0.15) is 207 Å². The topological polar surface area (TPSA) is 110 Å². The lowest BCUT2D eigenvalue weighted by Crippen LogP contribution is -2.37. The zero-order chi connectivity index (χ0) is 44.3. The maximum atomic E-state index is 13.0. The fourth-order valence-electron chi connectivity index (χ4n) is 7.42. The molecule has 1 fully saturated rings. The molecule has 1 rings (SSSR count). The van der Waals surface area contributed by atoms with Gasteiger partial charge in [-0.3, -0.25) is 9.59 Å². The summed E-state index contributed by atoms with van der Waals surface area (Å²) in [4.78, 5) is 40.7. The van der Waals surface area contributed by atoms with Crippen LogP contribution in [-0.2, 0) is 38.0 Å². The van der Waals surface area contributed by atoms with Crippen molar-refractivity contribution in [3.8, 4) is 0 Å². The molecule has 0 radical (unpaired) electrons. The molecular weight excluding hydrogens is 771 g/mol. The van der Waals surface area contributed by atoms with E-state index in [0.29, 0.717) is 32.7 Å². The van der Waals surface area contributed by atoms with Crippen LogP contribution in [0.15, 0.2) is 24.3 Å². The second-order valence-electron chi connectivity index (χ2n) is 17.2. The Labute approximate surface area is 374 Å². The molecule has 2 unspecified atom stereocenters. The standard InChI is InChI=1S/C51H93NO9/c1-5-9-12-15-18-19-20-21-22-23-24-25-26-27-30-35-48(53)58-43-47(45-61-51(55)60-42-46-34-33-38-52(8-4)41-46)44-59-49(54)36-37-50(56-39-31-28-16-13-10-6-2)57-40-32-29-17-14-11-7-3/h18-19,21-22,46-47,50H,5-17,20,23-45H2,1-4H3/b19-18-,22-21-. The van der Waals surface area contributed by atoms with Crippen molar-refractivity contribution in [3.05, 3.63) is 24.3 Å². The predicted octanol–water partition coefficient (Wildman–Crippen LogP) is 13.2. The third kappa shape index (κ3) is 36.7. The first-order valence-corrected chi connectivity index (χ1v) is 25.3. The minimum atomic E-state index is -0.755. The highest BCUT2D eigenvalue weighted by atomic mass is 16.7. The number of hydrogen-bond donors (Lipinski definition) is 0. The van der Waals surface area contributed by atoms with E-state index in [4.69, 9.17) is 28.4 Å². The van der Waals surface area contributed by atoms with E-state index in [2.05, 4.69) is 56.9 Å². The van der Waals surface area contributed by atoms with Gasteiger partial charge in [-0.05, 0) is 77.3 Å². The fraction of sp³-hybridized carbons (Fsp3) is 0.863. The average molecular weight is 864 g/mol. The molecule has 0 N–H and O–H groups in total. The zero-order valence-electron chi connectivity index (χ0n) is 39.8. The van der Waals surface area contributed by atoms with Crippen molar-refractivity contribution in [2.24, 2.45) is 11.8 Å². The van der Waals surface area contributed by atoms with Crippen LogP contribution >= 0.6 is 0 Å². The quantitative estimate of drug-likeness (QED) is 0.0193. The highest BCUT2D eigenvalue weighted by Crippen LogP contribution is 2.18. The molecule has 0 aliphatic carbocycles. The third-order valence-corrected chi connectivity index (χ3v) is 11.4. The Hall–Kier alpha value is -2.43. The predicted molar refractivity (Wildman–Crippen MR) is 249 cm³/mol. The molecule has 0 saturated carbocycles. The first-order valence-electron chi connectivity index (χ1n) is 25.3. The van der Waals surface area contributed by atoms with Gasteiger partial charge in [0.05, 0.1) is 18.9 Å². The van der Waals surface area contributed by atoms with Gasteiger partial charge < -0.3 is 33.3 Å². The van der Waals surface area contributed by atoms with Gasteiger partial charge in [-0.15, -0.1) is 0 Å². The first kappa shape index (κ1) is 56.6. The Morgan fingerprint density at radius 2 is 1.08 bits per heavy atom. The number of ether oxygens (including phenoxy) is 6. The maximum absolute atomic E-state index is 13.0. The Bertz CT molecular complexity index is 1060.